The third kappa shape index (κ3) is 4.01. The van der Waals surface area contributed by atoms with Gasteiger partial charge in [-0.05, 0) is 19.3 Å². The molecule has 2 heterocycles. The van der Waals surface area contributed by atoms with Gasteiger partial charge in [0.05, 0.1) is 5.69 Å². The van der Waals surface area contributed by atoms with Gasteiger partial charge in [-0.15, -0.1) is 5.10 Å². The van der Waals surface area contributed by atoms with Crippen LogP contribution < -0.4 is 5.32 Å². The maximum atomic E-state index is 12.0. The number of nitrogens with one attached hydrogen (secondary N) is 1. The lowest BCUT2D eigenvalue weighted by Crippen LogP contribution is -2.40. The number of ether oxygens (including phenoxy) is 1. The highest BCUT2D eigenvalue weighted by molar-refractivity contribution is 5.86. The zero-order valence-electron chi connectivity index (χ0n) is 12.0. The second-order valence-electron chi connectivity index (χ2n) is 5.05. The Kier molecular flexibility index (Phi) is 5.26. The predicted molar refractivity (Wildman–Crippen MR) is 73.0 cm³/mol. The highest BCUT2D eigenvalue weighted by atomic mass is 16.5. The van der Waals surface area contributed by atoms with Crippen LogP contribution in [0.5, 0.6) is 0 Å². The Bertz CT molecular complexity index is 508. The zero-order valence-corrected chi connectivity index (χ0v) is 12.0. The molecule has 8 nitrogen and oxygen atoms in total. The normalized spacial score (nSPS) is 15.9. The van der Waals surface area contributed by atoms with Crippen molar-refractivity contribution in [2.24, 2.45) is 0 Å². The maximum Gasteiger partial charge on any atom is 0.358 e. The molecule has 116 valence electrons. The Balaban J connectivity index is 2.00. The largest absolute Gasteiger partial charge is 0.476 e. The Morgan fingerprint density at radius 3 is 2.76 bits per heavy atom. The number of hydrogen-bond donors (Lipinski definition) is 2. The van der Waals surface area contributed by atoms with E-state index >= 15 is 0 Å². The molecule has 2 N–H and O–H groups in total. The average molecular weight is 296 g/mol. The molecular formula is C13H20N4O4. The maximum absolute atomic E-state index is 12.0. The molecule has 0 spiro atoms. The summed E-state index contributed by atoms with van der Waals surface area (Å²) < 4.78 is 6.61. The monoisotopic (exact) mass is 296 g/mol. The van der Waals surface area contributed by atoms with Crippen LogP contribution in [0, 0.1) is 0 Å². The molecule has 0 saturated carbocycles. The van der Waals surface area contributed by atoms with Crippen LogP contribution in [0.2, 0.25) is 0 Å². The van der Waals surface area contributed by atoms with Crippen molar-refractivity contribution >= 4 is 11.9 Å². The summed E-state index contributed by atoms with van der Waals surface area (Å²) >= 11 is 0. The molecule has 0 unspecified atom stereocenters. The fourth-order valence-electron chi connectivity index (χ4n) is 2.36. The van der Waals surface area contributed by atoms with Crippen LogP contribution in [0.1, 0.15) is 42.4 Å². The lowest BCUT2D eigenvalue weighted by Gasteiger charge is -2.23. The minimum Gasteiger partial charge on any atom is -0.476 e. The summed E-state index contributed by atoms with van der Waals surface area (Å²) in [6.07, 6.45) is 2.88. The third-order valence-electron chi connectivity index (χ3n) is 3.41. The third-order valence-corrected chi connectivity index (χ3v) is 3.41. The molecule has 1 aromatic rings. The van der Waals surface area contributed by atoms with Gasteiger partial charge >= 0.3 is 5.97 Å². The Morgan fingerprint density at radius 1 is 1.43 bits per heavy atom. The summed E-state index contributed by atoms with van der Waals surface area (Å²) in [6, 6.07) is 0.114. The molecule has 0 aromatic carbocycles. The summed E-state index contributed by atoms with van der Waals surface area (Å²) in [4.78, 5) is 23.1. The van der Waals surface area contributed by atoms with E-state index in [0.717, 1.165) is 19.3 Å². The van der Waals surface area contributed by atoms with E-state index in [1.807, 2.05) is 6.92 Å². The van der Waals surface area contributed by atoms with Gasteiger partial charge in [0, 0.05) is 19.3 Å². The molecule has 2 rings (SSSR count). The van der Waals surface area contributed by atoms with Gasteiger partial charge in [0.25, 0.3) is 0 Å². The molecule has 1 aliphatic rings. The fraction of sp³-hybridized carbons (Fsp3) is 0.692. The molecule has 21 heavy (non-hydrogen) atoms. The molecule has 1 aromatic heterocycles. The van der Waals surface area contributed by atoms with Crippen molar-refractivity contribution in [3.8, 4) is 0 Å². The van der Waals surface area contributed by atoms with Crippen LogP contribution in [-0.2, 0) is 22.5 Å². The van der Waals surface area contributed by atoms with Crippen molar-refractivity contribution in [2.45, 2.75) is 45.2 Å². The van der Waals surface area contributed by atoms with Gasteiger partial charge in [-0.3, -0.25) is 4.79 Å². The first kappa shape index (κ1) is 15.4. The number of carbonyl (C=O) groups is 2. The van der Waals surface area contributed by atoms with Gasteiger partial charge in [-0.2, -0.15) is 0 Å². The van der Waals surface area contributed by atoms with Crippen molar-refractivity contribution in [1.82, 2.24) is 20.3 Å². The second-order valence-corrected chi connectivity index (χ2v) is 5.05. The number of aromatic nitrogens is 3. The first-order chi connectivity index (χ1) is 10.1. The summed E-state index contributed by atoms with van der Waals surface area (Å²) in [5.41, 5.74) is 0.419. The Morgan fingerprint density at radius 2 is 2.14 bits per heavy atom. The van der Waals surface area contributed by atoms with E-state index in [0.29, 0.717) is 25.3 Å². The van der Waals surface area contributed by atoms with Crippen molar-refractivity contribution in [3.05, 3.63) is 11.4 Å². The molecule has 0 aliphatic carbocycles. The Hall–Kier alpha value is -1.96. The highest BCUT2D eigenvalue weighted by Crippen LogP contribution is 2.10. The van der Waals surface area contributed by atoms with E-state index in [9.17, 15) is 9.59 Å². The predicted octanol–water partition coefficient (Wildman–Crippen LogP) is 0.224. The van der Waals surface area contributed by atoms with Gasteiger partial charge in [-0.1, -0.05) is 18.6 Å². The van der Waals surface area contributed by atoms with Crippen molar-refractivity contribution in [2.75, 3.05) is 13.2 Å². The van der Waals surface area contributed by atoms with Crippen LogP contribution in [-0.4, -0.2) is 51.2 Å². The van der Waals surface area contributed by atoms with E-state index in [-0.39, 0.29) is 24.2 Å². The van der Waals surface area contributed by atoms with Crippen LogP contribution in [0.4, 0.5) is 0 Å². The minimum absolute atomic E-state index is 0.00697. The van der Waals surface area contributed by atoms with Gasteiger partial charge < -0.3 is 15.2 Å². The van der Waals surface area contributed by atoms with E-state index in [2.05, 4.69) is 15.6 Å². The Labute approximate surface area is 122 Å². The molecular weight excluding hydrogens is 276 g/mol. The molecule has 1 fully saturated rings. The molecule has 1 aliphatic heterocycles. The van der Waals surface area contributed by atoms with Crippen LogP contribution in [0.15, 0.2) is 0 Å². The SMILES string of the molecule is CCCc1c(C(=O)O)nnn1CC(=O)NC1CCOCC1. The van der Waals surface area contributed by atoms with Gasteiger partial charge in [-0.25, -0.2) is 9.48 Å². The average Bonchev–Trinajstić information content (AvgIpc) is 2.83. The number of carboxylic acid groups (broad SMARTS) is 1. The molecule has 0 radical (unpaired) electrons. The summed E-state index contributed by atoms with van der Waals surface area (Å²) in [6.45, 7) is 3.23. The topological polar surface area (TPSA) is 106 Å². The van der Waals surface area contributed by atoms with Gasteiger partial charge in [0.1, 0.15) is 6.54 Å². The van der Waals surface area contributed by atoms with E-state index in [1.54, 1.807) is 0 Å². The van der Waals surface area contributed by atoms with E-state index in [4.69, 9.17) is 9.84 Å². The van der Waals surface area contributed by atoms with Crippen LogP contribution in [0.25, 0.3) is 0 Å². The lowest BCUT2D eigenvalue weighted by molar-refractivity contribution is -0.123. The van der Waals surface area contributed by atoms with E-state index < -0.39 is 5.97 Å². The summed E-state index contributed by atoms with van der Waals surface area (Å²) in [5.74, 6) is -1.30. The number of carbonyl (C=O) groups excluding carboxylic acids is 1. The molecule has 8 heteroatoms. The summed E-state index contributed by atoms with van der Waals surface area (Å²) in [7, 11) is 0. The lowest BCUT2D eigenvalue weighted by atomic mass is 10.1. The number of aromatic carboxylic acids is 1. The number of hydrogen-bond acceptors (Lipinski definition) is 5. The highest BCUT2D eigenvalue weighted by Gasteiger charge is 2.21. The molecule has 0 atom stereocenters. The quantitative estimate of drug-likeness (QED) is 0.778. The smallest absolute Gasteiger partial charge is 0.358 e. The number of carboxylic acids is 1. The summed E-state index contributed by atoms with van der Waals surface area (Å²) in [5, 5.41) is 19.4. The first-order valence-electron chi connectivity index (χ1n) is 7.14. The number of rotatable bonds is 6. The van der Waals surface area contributed by atoms with Crippen molar-refractivity contribution in [1.29, 1.82) is 0 Å². The standard InChI is InChI=1S/C13H20N4O4/c1-2-3-10-12(13(19)20)15-16-17(10)8-11(18)14-9-4-6-21-7-5-9/h9H,2-8H2,1H3,(H,14,18)(H,19,20). The minimum atomic E-state index is -1.12. The first-order valence-corrected chi connectivity index (χ1v) is 7.14. The van der Waals surface area contributed by atoms with Crippen molar-refractivity contribution < 1.29 is 19.4 Å². The van der Waals surface area contributed by atoms with Gasteiger partial charge in [0.15, 0.2) is 5.69 Å². The second kappa shape index (κ2) is 7.16. The van der Waals surface area contributed by atoms with E-state index in [1.165, 1.54) is 4.68 Å². The molecule has 0 bridgehead atoms. The fourth-order valence-corrected chi connectivity index (χ4v) is 2.36. The number of nitrogens with zero attached hydrogens (tertiary/aromatic N) is 3. The van der Waals surface area contributed by atoms with Crippen LogP contribution in [0.3, 0.4) is 0 Å². The van der Waals surface area contributed by atoms with Crippen molar-refractivity contribution in [3.63, 3.8) is 0 Å². The number of amides is 1. The van der Waals surface area contributed by atoms with Crippen LogP contribution >= 0.6 is 0 Å². The molecule has 1 saturated heterocycles. The molecule has 1 amide bonds. The zero-order chi connectivity index (χ0) is 15.2. The van der Waals surface area contributed by atoms with Gasteiger partial charge in [0.2, 0.25) is 5.91 Å².